The van der Waals surface area contributed by atoms with Crippen LogP contribution in [0.15, 0.2) is 34.1 Å². The van der Waals surface area contributed by atoms with E-state index in [2.05, 4.69) is 10.2 Å². The van der Waals surface area contributed by atoms with Crippen molar-refractivity contribution in [3.8, 4) is 0 Å². The van der Waals surface area contributed by atoms with Gasteiger partial charge in [0.25, 0.3) is 0 Å². The number of methoxy groups -OCH3 is 1. The number of piperidine rings is 1. The maximum Gasteiger partial charge on any atom is 0.311 e. The lowest BCUT2D eigenvalue weighted by molar-refractivity contribution is -0.339. The molecule has 4 aliphatic heterocycles. The number of aliphatic hydroxyl groups excluding tert-OH is 2. The first-order valence-corrected chi connectivity index (χ1v) is 28.4. The molecule has 1 aromatic carbocycles. The van der Waals surface area contributed by atoms with E-state index in [4.69, 9.17) is 28.4 Å². The average Bonchev–Trinajstić information content (AvgIpc) is 3.29. The minimum atomic E-state index is -10.1. The number of β-amino-alcohol motifs (C(OH)–C–C–N with tert-alkyl or cyclic N) is 1. The van der Waals surface area contributed by atoms with Gasteiger partial charge in [-0.1, -0.05) is 46.6 Å². The first kappa shape index (κ1) is 61.0. The van der Waals surface area contributed by atoms with E-state index >= 15 is 0 Å². The lowest BCUT2D eigenvalue weighted by Gasteiger charge is -2.55. The molecule has 4 fully saturated rings. The highest BCUT2D eigenvalue weighted by atomic mass is 32.5. The smallest absolute Gasteiger partial charge is 0.311 e. The highest BCUT2D eigenvalue weighted by Gasteiger charge is 2.65. The Morgan fingerprint density at radius 1 is 0.903 bits per heavy atom. The molecular weight excluding hydrogens is 1000 g/mol. The molecule has 0 amide bonds. The Bertz CT molecular complexity index is 2110. The van der Waals surface area contributed by atoms with Gasteiger partial charge in [-0.3, -0.25) is 4.79 Å². The van der Waals surface area contributed by atoms with Crippen molar-refractivity contribution in [3.05, 3.63) is 24.3 Å². The summed E-state index contributed by atoms with van der Waals surface area (Å²) < 4.78 is 135. The fraction of sp³-hybridized carbons (Fsp3) is 0.854. The first-order chi connectivity index (χ1) is 32.8. The van der Waals surface area contributed by atoms with Crippen LogP contribution in [-0.2, 0) is 43.2 Å². The van der Waals surface area contributed by atoms with Gasteiger partial charge in [-0.15, -0.1) is 0 Å². The molecule has 0 bridgehead atoms. The Balaban J connectivity index is 1.56. The van der Waals surface area contributed by atoms with Crippen molar-refractivity contribution >= 4 is 26.2 Å². The summed E-state index contributed by atoms with van der Waals surface area (Å²) in [6.07, 6.45) is -9.05. The van der Waals surface area contributed by atoms with E-state index < -0.39 is 144 Å². The largest absolute Gasteiger partial charge is 0.459 e. The average molecular weight is 1080 g/mol. The fourth-order valence-corrected chi connectivity index (χ4v) is 13.3. The molecule has 18 atom stereocenters. The minimum absolute atomic E-state index is 0.0141. The molecule has 0 spiro atoms. The monoisotopic (exact) mass is 1080 g/mol. The topological polar surface area (TPSA) is 226 Å². The summed E-state index contributed by atoms with van der Waals surface area (Å²) in [5, 5.41) is 63.7. The molecule has 4 saturated heterocycles. The summed E-state index contributed by atoms with van der Waals surface area (Å²) in [7, 11) is -12.4. The van der Waals surface area contributed by atoms with Crippen LogP contribution >= 0.6 is 10.2 Å². The molecule has 72 heavy (non-hydrogen) atoms. The number of ether oxygens (including phenoxy) is 6. The van der Waals surface area contributed by atoms with Crippen LogP contribution < -0.4 is 5.32 Å². The number of nitrogens with one attached hydrogen (secondary N) is 1. The van der Waals surface area contributed by atoms with Crippen molar-refractivity contribution in [1.29, 1.82) is 0 Å². The van der Waals surface area contributed by atoms with E-state index in [1.54, 1.807) is 41.5 Å². The van der Waals surface area contributed by atoms with Crippen LogP contribution in [0.5, 0.6) is 0 Å². The van der Waals surface area contributed by atoms with Crippen LogP contribution in [0, 0.1) is 17.8 Å². The molecule has 0 aromatic heterocycles. The number of sulfonamides is 1. The zero-order chi connectivity index (χ0) is 54.4. The van der Waals surface area contributed by atoms with Crippen LogP contribution in [0.1, 0.15) is 114 Å². The molecule has 0 saturated carbocycles. The van der Waals surface area contributed by atoms with Crippen molar-refractivity contribution in [2.45, 2.75) is 214 Å². The van der Waals surface area contributed by atoms with Crippen molar-refractivity contribution in [1.82, 2.24) is 14.5 Å². The van der Waals surface area contributed by atoms with Gasteiger partial charge in [-0.05, 0) is 130 Å². The van der Waals surface area contributed by atoms with Crippen molar-refractivity contribution < 1.29 is 86.6 Å². The molecule has 6 N–H and O–H groups in total. The number of hydrogen-bond donors (Lipinski definition) is 6. The Morgan fingerprint density at radius 3 is 2.06 bits per heavy atom. The Kier molecular flexibility index (Phi) is 18.2. The number of benzene rings is 1. The van der Waals surface area contributed by atoms with E-state index in [1.165, 1.54) is 27.9 Å². The fourth-order valence-electron chi connectivity index (χ4n) is 11.2. The minimum Gasteiger partial charge on any atom is -0.459 e. The number of likely N-dealkylation sites (N-methyl/N-ethyl adjacent to an activating group) is 1. The Hall–Kier alpha value is -1.88. The second-order valence-electron chi connectivity index (χ2n) is 21.9. The van der Waals surface area contributed by atoms with Gasteiger partial charge in [-0.25, -0.2) is 8.42 Å². The molecule has 24 heteroatoms. The summed E-state index contributed by atoms with van der Waals surface area (Å²) in [6.45, 7) is 18.2. The number of cyclic esters (lactones) is 1. The van der Waals surface area contributed by atoms with Crippen molar-refractivity contribution in [2.24, 2.45) is 17.8 Å². The quantitative estimate of drug-likeness (QED) is 0.107. The lowest BCUT2D eigenvalue weighted by atomic mass is 9.74. The Labute approximate surface area is 422 Å². The summed E-state index contributed by atoms with van der Waals surface area (Å²) in [5.74, 6) is -3.60. The van der Waals surface area contributed by atoms with E-state index in [-0.39, 0.29) is 50.9 Å². The van der Waals surface area contributed by atoms with Gasteiger partial charge in [0.1, 0.15) is 40.0 Å². The lowest BCUT2D eigenvalue weighted by Crippen LogP contribution is -2.70. The third-order valence-corrected chi connectivity index (χ3v) is 18.9. The number of likely N-dealkylation sites (tertiary alicyclic amines) is 1. The van der Waals surface area contributed by atoms with Crippen LogP contribution in [0.25, 0.3) is 0 Å². The number of aliphatic hydroxyl groups is 5. The predicted molar refractivity (Wildman–Crippen MR) is 258 cm³/mol. The molecular formula is C48H82F5N3O14S2. The third-order valence-electron chi connectivity index (χ3n) is 15.9. The van der Waals surface area contributed by atoms with Crippen LogP contribution in [0.2, 0.25) is 0 Å². The maximum atomic E-state index is 14.6. The molecule has 420 valence electrons. The predicted octanol–water partition coefficient (Wildman–Crippen LogP) is 5.83. The standard InChI is InChI=1S/C48H82F5N3O14S2/c1-13-37-47(10,61)41(58)32(6)54-26-28(2)24-45(8,60)42(70-44-39(57)36(23-29(3)66-44)55(11)71(63,64)34-17-19-35(20-18-34)72(49,50,51,52)53)30(4)40(31(5)43(59)68-37)69-38-25-46(9,65-12)48(62,33(7)67-38)27-56-21-15-14-16-22-56/h17-20,28-33,36-42,44,54,57-58,60-62H,13-16,21-27H2,1-12H3/t28-,29-,30+,31-,32-,33-,36+,37-,38+,39-,40+,41-,42-,44+,45-,46-,47-,48-/m1/s1. The number of rotatable bonds is 12. The van der Waals surface area contributed by atoms with E-state index in [0.29, 0.717) is 16.4 Å². The van der Waals surface area contributed by atoms with Crippen molar-refractivity contribution in [3.63, 3.8) is 0 Å². The summed E-state index contributed by atoms with van der Waals surface area (Å²) in [5.41, 5.74) is -6.65. The van der Waals surface area contributed by atoms with E-state index in [9.17, 15) is 58.2 Å². The second-order valence-corrected chi connectivity index (χ2v) is 26.3. The molecule has 0 radical (unpaired) electrons. The summed E-state index contributed by atoms with van der Waals surface area (Å²) >= 11 is 0. The highest BCUT2D eigenvalue weighted by Crippen LogP contribution is 3.02. The van der Waals surface area contributed by atoms with E-state index in [0.717, 1.165) is 39.4 Å². The normalized spacial score (nSPS) is 43.0. The first-order valence-electron chi connectivity index (χ1n) is 25.0. The zero-order valence-electron chi connectivity index (χ0n) is 43.7. The van der Waals surface area contributed by atoms with Gasteiger partial charge in [-0.2, -0.15) is 4.31 Å². The number of carbonyl (C=O) groups excluding carboxylic acids is 1. The zero-order valence-corrected chi connectivity index (χ0v) is 45.3. The molecule has 5 rings (SSSR count). The number of esters is 1. The third kappa shape index (κ3) is 13.3. The van der Waals surface area contributed by atoms with Crippen LogP contribution in [0.4, 0.5) is 19.4 Å². The number of nitrogens with zero attached hydrogens (tertiary/aromatic N) is 2. The van der Waals surface area contributed by atoms with Gasteiger partial charge in [0.2, 0.25) is 10.0 Å². The van der Waals surface area contributed by atoms with E-state index in [1.807, 2.05) is 6.92 Å². The maximum absolute atomic E-state index is 14.6. The molecule has 4 heterocycles. The van der Waals surface area contributed by atoms with Crippen LogP contribution in [0.3, 0.4) is 0 Å². The number of hydrogen-bond acceptors (Lipinski definition) is 16. The molecule has 17 nitrogen and oxygen atoms in total. The number of carbonyl (C=O) groups is 1. The molecule has 1 aromatic rings. The van der Waals surface area contributed by atoms with Gasteiger partial charge < -0.3 is 64.2 Å². The van der Waals surface area contributed by atoms with Gasteiger partial charge in [0.15, 0.2) is 12.6 Å². The summed E-state index contributed by atoms with van der Waals surface area (Å²) in [6, 6.07) is -1.34. The van der Waals surface area contributed by atoms with Gasteiger partial charge >= 0.3 is 16.2 Å². The van der Waals surface area contributed by atoms with Gasteiger partial charge in [0.05, 0.1) is 46.9 Å². The molecule has 0 aliphatic carbocycles. The van der Waals surface area contributed by atoms with Crippen LogP contribution in [-0.4, -0.2) is 179 Å². The SMILES string of the molecule is CC[C@H]1OC(=O)[C@H](C)[C@@H](O[C@H]2C[C@@](C)(OC)[C@@](O)(CN3CCCCC3)[C@@H](C)O2)[C@H](C)[C@@H](O[C@@H]2O[C@H](C)C[C@H](N(C)S(=O)(=O)c3ccc(S(F)(F)(F)(F)F)cc3)[C@H]2O)[C@](C)(O)C[C@@H](C)CN[C@H](C)[C@@H](O)[C@]1(C)O. The summed E-state index contributed by atoms with van der Waals surface area (Å²) in [4.78, 5) is 13.7. The van der Waals surface area contributed by atoms with Gasteiger partial charge in [0, 0.05) is 39.1 Å². The molecule has 4 aliphatic rings. The van der Waals surface area contributed by atoms with Crippen molar-refractivity contribution in [2.75, 3.05) is 40.3 Å². The molecule has 0 unspecified atom stereocenters. The number of halogens is 5. The Morgan fingerprint density at radius 2 is 1.50 bits per heavy atom. The highest BCUT2D eigenvalue weighted by molar-refractivity contribution is 8.45. The second kappa shape index (κ2) is 21.5.